The Bertz CT molecular complexity index is 266. The Hall–Kier alpha value is 2.14. The summed E-state index contributed by atoms with van der Waals surface area (Å²) in [7, 11) is 4.79. The standard InChI is InChI=1S/CH3IOS6/c1-3-8(2)6-7-9(4)5/h1H3. The fraction of sp³-hybridized carbons (Fsp3) is 1.00. The molecule has 0 saturated carbocycles. The minimum absolute atomic E-state index is 0.0743. The van der Waals surface area contributed by atoms with E-state index in [1.807, 2.05) is 0 Å². The van der Waals surface area contributed by atoms with Crippen molar-refractivity contribution in [2.24, 2.45) is 0 Å². The van der Waals surface area contributed by atoms with Gasteiger partial charge in [0.25, 0.3) is 0 Å². The molecule has 0 fully saturated rings. The van der Waals surface area contributed by atoms with Gasteiger partial charge in [0.15, 0.2) is 0 Å². The van der Waals surface area contributed by atoms with Crippen LogP contribution in [0.1, 0.15) is 0 Å². The van der Waals surface area contributed by atoms with Gasteiger partial charge in [0.05, 0.1) is 14.0 Å². The Balaban J connectivity index is 4.89. The van der Waals surface area contributed by atoms with E-state index in [-0.39, 0.29) is 13.5 Å². The van der Waals surface area contributed by atoms with Crippen LogP contribution in [0.2, 0.25) is 0 Å². The normalized spacial score (nSPS) is 12.2. The zero-order chi connectivity index (χ0) is 7.28. The molecule has 1 atom stereocenters. The van der Waals surface area contributed by atoms with Gasteiger partial charge in [-0.2, -0.15) is 0 Å². The molecule has 0 aromatic rings. The minimum atomic E-state index is -0.369. The van der Waals surface area contributed by atoms with E-state index in [1.54, 1.807) is 16.0 Å². The van der Waals surface area contributed by atoms with E-state index in [9.17, 15) is 0 Å². The lowest BCUT2D eigenvalue weighted by Crippen LogP contribution is -1.74. The molecule has 0 aliphatic carbocycles. The lowest BCUT2D eigenvalue weighted by atomic mass is 11.8. The van der Waals surface area contributed by atoms with Crippen LogP contribution < -0.4 is 0 Å². The maximum atomic E-state index is 4.97. The largest absolute Gasteiger partial charge is 0.307 e. The van der Waals surface area contributed by atoms with Gasteiger partial charge < -0.3 is 4.18 Å². The van der Waals surface area contributed by atoms with Gasteiger partial charge in [0.1, 0.15) is 0 Å². The van der Waals surface area contributed by atoms with E-state index in [1.165, 1.54) is 8.88 Å². The molecule has 0 rings (SSSR count). The van der Waals surface area contributed by atoms with Gasteiger partial charge in [-0.15, -0.1) is 0 Å². The van der Waals surface area contributed by atoms with Crippen molar-refractivity contribution < 1.29 is 4.18 Å². The molecule has 8 heteroatoms. The maximum absolute atomic E-state index is 4.97. The summed E-state index contributed by atoms with van der Waals surface area (Å²) in [6.07, 6.45) is 0. The van der Waals surface area contributed by atoms with Gasteiger partial charge >= 0.3 is 0 Å². The SMILES string of the molecule is COS(I)=S=S=S(=S)=S. The van der Waals surface area contributed by atoms with E-state index in [0.29, 0.717) is 0 Å². The molecule has 0 aliphatic heterocycles. The first kappa shape index (κ1) is 11.1. The van der Waals surface area contributed by atoms with Crippen LogP contribution in [0.5, 0.6) is 0 Å². The topological polar surface area (TPSA) is 9.23 Å². The van der Waals surface area contributed by atoms with Crippen LogP contribution in [0, 0.1) is 0 Å². The molecule has 1 unspecified atom stereocenters. The van der Waals surface area contributed by atoms with Gasteiger partial charge in [-0.25, -0.2) is 0 Å². The Morgan fingerprint density at radius 2 is 2.00 bits per heavy atom. The summed E-state index contributed by atoms with van der Waals surface area (Å²) in [6.45, 7) is -0.444. The van der Waals surface area contributed by atoms with Crippen molar-refractivity contribution in [2.75, 3.05) is 7.11 Å². The minimum Gasteiger partial charge on any atom is -0.307 e. The van der Waals surface area contributed by atoms with Crippen LogP contribution >= 0.6 is 21.2 Å². The van der Waals surface area contributed by atoms with Crippen molar-refractivity contribution in [3.8, 4) is 0 Å². The highest BCUT2D eigenvalue weighted by molar-refractivity contribution is 14.2. The molecule has 1 nitrogen and oxygen atoms in total. The summed E-state index contributed by atoms with van der Waals surface area (Å²) in [5, 5.41) is 0. The second kappa shape index (κ2) is 6.83. The zero-order valence-electron chi connectivity index (χ0n) is 4.24. The molecule has 0 aromatic carbocycles. The second-order valence-corrected chi connectivity index (χ2v) is 15.4. The molecule has 0 spiro atoms. The van der Waals surface area contributed by atoms with Crippen molar-refractivity contribution in [2.45, 2.75) is 0 Å². The Labute approximate surface area is 84.8 Å². The molecule has 0 amide bonds. The van der Waals surface area contributed by atoms with Crippen molar-refractivity contribution >= 4 is 74.8 Å². The molecule has 9 heavy (non-hydrogen) atoms. The lowest BCUT2D eigenvalue weighted by Gasteiger charge is -1.82. The van der Waals surface area contributed by atoms with Crippen molar-refractivity contribution in [1.82, 2.24) is 0 Å². The van der Waals surface area contributed by atoms with Crippen molar-refractivity contribution in [3.63, 3.8) is 0 Å². The predicted molar refractivity (Wildman–Crippen MR) is 65.2 cm³/mol. The molecule has 0 heterocycles. The van der Waals surface area contributed by atoms with Gasteiger partial charge in [-0.3, -0.25) is 0 Å². The first-order valence-electron chi connectivity index (χ1n) is 1.56. The third-order valence-corrected chi connectivity index (χ3v) is 14.0. The molecule has 0 radical (unpaired) electrons. The smallest absolute Gasteiger partial charge is 0.0713 e. The number of hydrogen-bond acceptors (Lipinski definition) is 3. The summed E-state index contributed by atoms with van der Waals surface area (Å²) in [4.78, 5) is 0. The number of rotatable bonds is 1. The quantitative estimate of drug-likeness (QED) is 0.515. The fourth-order valence-electron chi connectivity index (χ4n) is 0.0723. The van der Waals surface area contributed by atoms with Gasteiger partial charge in [0, 0.05) is 21.2 Å². The van der Waals surface area contributed by atoms with E-state index in [0.717, 1.165) is 0 Å². The predicted octanol–water partition coefficient (Wildman–Crippen LogP) is 0.968. The first-order chi connectivity index (χ1) is 4.16. The molecular weight excluding hydrogens is 347 g/mol. The van der Waals surface area contributed by atoms with Gasteiger partial charge in [-0.1, -0.05) is 0 Å². The summed E-state index contributed by atoms with van der Waals surface area (Å²) in [6, 6.07) is 0. The number of halogens is 1. The molecule has 0 N–H and O–H groups in total. The molecule has 0 aliphatic rings. The lowest BCUT2D eigenvalue weighted by molar-refractivity contribution is 0.494. The Kier molecular flexibility index (Phi) is 8.45. The van der Waals surface area contributed by atoms with Crippen LogP contribution in [0.4, 0.5) is 0 Å². The van der Waals surface area contributed by atoms with Crippen LogP contribution in [0.25, 0.3) is 0 Å². The highest BCUT2D eigenvalue weighted by Crippen LogP contribution is 1.93. The van der Waals surface area contributed by atoms with Crippen LogP contribution in [-0.4, -0.2) is 7.11 Å². The van der Waals surface area contributed by atoms with Gasteiger partial charge in [0.2, 0.25) is 0 Å². The van der Waals surface area contributed by atoms with Crippen molar-refractivity contribution in [3.05, 3.63) is 0 Å². The monoisotopic (exact) mass is 350 g/mol. The molecular formula is CH3IOS6. The molecule has 56 valence electrons. The number of hydrogen-bond donors (Lipinski definition) is 0. The van der Waals surface area contributed by atoms with E-state index < -0.39 is 0 Å². The van der Waals surface area contributed by atoms with Crippen molar-refractivity contribution in [1.29, 1.82) is 0 Å². The van der Waals surface area contributed by atoms with Crippen LogP contribution in [-0.2, 0) is 57.8 Å². The summed E-state index contributed by atoms with van der Waals surface area (Å²) < 4.78 is 4.97. The third-order valence-electron chi connectivity index (χ3n) is 0.268. The summed E-state index contributed by atoms with van der Waals surface area (Å²) in [5.41, 5.74) is 0. The maximum Gasteiger partial charge on any atom is 0.0713 e. The third kappa shape index (κ3) is 8.04. The summed E-state index contributed by atoms with van der Waals surface area (Å²) in [5.74, 6) is 0. The van der Waals surface area contributed by atoms with E-state index in [4.69, 9.17) is 26.6 Å². The highest BCUT2D eigenvalue weighted by Gasteiger charge is 1.73. The van der Waals surface area contributed by atoms with Crippen LogP contribution in [0.3, 0.4) is 0 Å². The van der Waals surface area contributed by atoms with E-state index >= 15 is 0 Å². The average Bonchev–Trinajstić information content (AvgIpc) is 1.83. The second-order valence-electron chi connectivity index (χ2n) is 0.701. The molecule has 0 saturated heterocycles. The average molecular weight is 350 g/mol. The summed E-state index contributed by atoms with van der Waals surface area (Å²) >= 11 is 11.7. The van der Waals surface area contributed by atoms with E-state index in [2.05, 4.69) is 21.2 Å². The Morgan fingerprint density at radius 1 is 1.44 bits per heavy atom. The first-order valence-corrected chi connectivity index (χ1v) is 11.5. The fourth-order valence-corrected chi connectivity index (χ4v) is 12.9. The van der Waals surface area contributed by atoms with Crippen LogP contribution in [0.15, 0.2) is 0 Å². The zero-order valence-corrected chi connectivity index (χ0v) is 11.3. The highest BCUT2D eigenvalue weighted by atomic mass is 127. The Morgan fingerprint density at radius 3 is 2.33 bits per heavy atom. The molecule has 0 bridgehead atoms. The molecule has 0 aromatic heterocycles. The van der Waals surface area contributed by atoms with Gasteiger partial charge in [-0.05, 0) is 46.7 Å².